The Morgan fingerprint density at radius 2 is 1.37 bits per heavy atom. The second-order valence-corrected chi connectivity index (χ2v) is 8.01. The number of benzene rings is 3. The Labute approximate surface area is 175 Å². The van der Waals surface area contributed by atoms with Gasteiger partial charge in [0.15, 0.2) is 5.60 Å². The van der Waals surface area contributed by atoms with Crippen LogP contribution in [-0.2, 0) is 26.7 Å². The third-order valence-electron chi connectivity index (χ3n) is 6.09. The van der Waals surface area contributed by atoms with Crippen molar-refractivity contribution in [2.45, 2.75) is 24.4 Å². The lowest BCUT2D eigenvalue weighted by Crippen LogP contribution is -2.52. The highest BCUT2D eigenvalue weighted by molar-refractivity contribution is 5.83. The molecule has 5 nitrogen and oxygen atoms in total. The van der Waals surface area contributed by atoms with Crippen molar-refractivity contribution in [3.8, 4) is 0 Å². The summed E-state index contributed by atoms with van der Waals surface area (Å²) in [7, 11) is 0. The van der Waals surface area contributed by atoms with Crippen LogP contribution in [0.15, 0.2) is 91.0 Å². The molecule has 0 spiro atoms. The van der Waals surface area contributed by atoms with Crippen LogP contribution in [0.1, 0.15) is 23.1 Å². The highest BCUT2D eigenvalue weighted by atomic mass is 17.2. The fourth-order valence-electron chi connectivity index (χ4n) is 4.52. The van der Waals surface area contributed by atoms with E-state index in [-0.39, 0.29) is 12.5 Å². The van der Waals surface area contributed by atoms with E-state index < -0.39 is 17.3 Å². The second kappa shape index (κ2) is 7.36. The number of β-amino-alcohol motifs (C(OH)–C–C–N with tert-alkyl or cyclic N) is 1. The summed E-state index contributed by atoms with van der Waals surface area (Å²) in [5.74, 6) is -2.52. The van der Waals surface area contributed by atoms with Crippen molar-refractivity contribution in [2.24, 2.45) is 5.92 Å². The molecule has 3 aromatic rings. The average molecular weight is 401 g/mol. The summed E-state index contributed by atoms with van der Waals surface area (Å²) in [5, 5.41) is 11.1. The zero-order valence-electron chi connectivity index (χ0n) is 16.5. The fourth-order valence-corrected chi connectivity index (χ4v) is 4.52. The smallest absolute Gasteiger partial charge is 0.231 e. The molecule has 152 valence electrons. The maximum atomic E-state index is 13.3. The zero-order chi connectivity index (χ0) is 20.6. The Kier molecular flexibility index (Phi) is 4.66. The van der Waals surface area contributed by atoms with Gasteiger partial charge in [0.05, 0.1) is 6.54 Å². The molecule has 1 N–H and O–H groups in total. The lowest BCUT2D eigenvalue weighted by Gasteiger charge is -2.43. The summed E-state index contributed by atoms with van der Waals surface area (Å²) in [6.45, 7) is 0.497. The molecule has 0 bridgehead atoms. The SMILES string of the molecule is O=C1[C@H]2CC(c3ccccc3)(c3ccccc3)OO[C@@]2(O)CN1Cc1ccccc1. The van der Waals surface area contributed by atoms with Gasteiger partial charge < -0.3 is 10.0 Å². The summed E-state index contributed by atoms with van der Waals surface area (Å²) in [4.78, 5) is 26.6. The first-order chi connectivity index (χ1) is 14.6. The molecular weight excluding hydrogens is 378 g/mol. The van der Waals surface area contributed by atoms with E-state index in [2.05, 4.69) is 0 Å². The number of amides is 1. The number of hydrogen-bond acceptors (Lipinski definition) is 4. The summed E-state index contributed by atoms with van der Waals surface area (Å²) in [5.41, 5.74) is 1.80. The van der Waals surface area contributed by atoms with Crippen LogP contribution in [0.4, 0.5) is 0 Å². The zero-order valence-corrected chi connectivity index (χ0v) is 16.5. The number of aliphatic hydroxyl groups is 1. The van der Waals surface area contributed by atoms with E-state index in [0.29, 0.717) is 13.0 Å². The van der Waals surface area contributed by atoms with Crippen LogP contribution < -0.4 is 0 Å². The van der Waals surface area contributed by atoms with Crippen LogP contribution in [0.5, 0.6) is 0 Å². The molecule has 0 unspecified atom stereocenters. The van der Waals surface area contributed by atoms with Crippen LogP contribution >= 0.6 is 0 Å². The normalized spacial score (nSPS) is 25.2. The molecule has 0 saturated carbocycles. The van der Waals surface area contributed by atoms with E-state index >= 15 is 0 Å². The quantitative estimate of drug-likeness (QED) is 0.679. The molecule has 5 rings (SSSR count). The van der Waals surface area contributed by atoms with Gasteiger partial charge in [-0.3, -0.25) is 4.79 Å². The van der Waals surface area contributed by atoms with E-state index in [1.54, 1.807) is 4.90 Å². The molecule has 1 amide bonds. The number of fused-ring (bicyclic) bond motifs is 1. The lowest BCUT2D eigenvalue weighted by atomic mass is 9.76. The van der Waals surface area contributed by atoms with Gasteiger partial charge in [-0.15, -0.1) is 0 Å². The Hall–Kier alpha value is -2.99. The van der Waals surface area contributed by atoms with Gasteiger partial charge in [0.1, 0.15) is 5.92 Å². The maximum Gasteiger partial charge on any atom is 0.231 e. The van der Waals surface area contributed by atoms with Crippen molar-refractivity contribution in [3.05, 3.63) is 108 Å². The maximum absolute atomic E-state index is 13.3. The van der Waals surface area contributed by atoms with Gasteiger partial charge in [-0.1, -0.05) is 91.0 Å². The fraction of sp³-hybridized carbons (Fsp3) is 0.240. The first kappa shape index (κ1) is 19.0. The Bertz CT molecular complexity index is 985. The third-order valence-corrected chi connectivity index (χ3v) is 6.09. The molecule has 2 atom stereocenters. The highest BCUT2D eigenvalue weighted by Crippen LogP contribution is 2.50. The summed E-state index contributed by atoms with van der Waals surface area (Å²) < 4.78 is 0. The third kappa shape index (κ3) is 3.12. The first-order valence-corrected chi connectivity index (χ1v) is 10.1. The minimum Gasteiger partial charge on any atom is -0.361 e. The standard InChI is InChI=1S/C25H23NO4/c27-23-22-16-24(20-12-6-2-7-13-20,21-14-8-3-9-15-21)29-30-25(22,28)18-26(23)17-19-10-4-1-5-11-19/h1-15,22,28H,16-18H2/t22-,25+/m1/s1. The van der Waals surface area contributed by atoms with Gasteiger partial charge >= 0.3 is 0 Å². The van der Waals surface area contributed by atoms with E-state index in [1.165, 1.54) is 0 Å². The average Bonchev–Trinajstić information content (AvgIpc) is 3.04. The predicted molar refractivity (Wildman–Crippen MR) is 111 cm³/mol. The van der Waals surface area contributed by atoms with Crippen molar-refractivity contribution in [1.82, 2.24) is 4.90 Å². The molecule has 3 aromatic carbocycles. The van der Waals surface area contributed by atoms with E-state index in [9.17, 15) is 9.90 Å². The topological polar surface area (TPSA) is 59.0 Å². The minimum atomic E-state index is -1.67. The second-order valence-electron chi connectivity index (χ2n) is 8.01. The van der Waals surface area contributed by atoms with Crippen molar-refractivity contribution >= 4 is 5.91 Å². The van der Waals surface area contributed by atoms with Crippen LogP contribution in [0.3, 0.4) is 0 Å². The molecular formula is C25H23NO4. The molecule has 2 saturated heterocycles. The van der Waals surface area contributed by atoms with Crippen molar-refractivity contribution < 1.29 is 19.7 Å². The summed E-state index contributed by atoms with van der Waals surface area (Å²) in [6.07, 6.45) is 0.293. The van der Waals surface area contributed by atoms with Gasteiger partial charge in [0, 0.05) is 13.0 Å². The molecule has 0 radical (unpaired) electrons. The van der Waals surface area contributed by atoms with E-state index in [1.807, 2.05) is 91.0 Å². The van der Waals surface area contributed by atoms with E-state index in [0.717, 1.165) is 16.7 Å². The van der Waals surface area contributed by atoms with Gasteiger partial charge in [0.25, 0.3) is 0 Å². The number of likely N-dealkylation sites (tertiary alicyclic amines) is 1. The number of carbonyl (C=O) groups excluding carboxylic acids is 1. The Balaban J connectivity index is 1.50. The van der Waals surface area contributed by atoms with Crippen LogP contribution in [-0.4, -0.2) is 28.2 Å². The highest BCUT2D eigenvalue weighted by Gasteiger charge is 2.61. The van der Waals surface area contributed by atoms with Crippen LogP contribution in [0, 0.1) is 5.92 Å². The molecule has 2 aliphatic heterocycles. The molecule has 2 fully saturated rings. The summed E-state index contributed by atoms with van der Waals surface area (Å²) >= 11 is 0. The predicted octanol–water partition coefficient (Wildman–Crippen LogP) is 3.63. The van der Waals surface area contributed by atoms with Crippen molar-refractivity contribution in [1.29, 1.82) is 0 Å². The molecule has 2 heterocycles. The molecule has 0 aromatic heterocycles. The number of hydrogen-bond donors (Lipinski definition) is 1. The van der Waals surface area contributed by atoms with Gasteiger partial charge in [-0.05, 0) is 16.7 Å². The first-order valence-electron chi connectivity index (χ1n) is 10.1. The number of nitrogens with zero attached hydrogens (tertiary/aromatic N) is 1. The molecule has 2 aliphatic rings. The van der Waals surface area contributed by atoms with Crippen LogP contribution in [0.2, 0.25) is 0 Å². The largest absolute Gasteiger partial charge is 0.361 e. The molecule has 0 aliphatic carbocycles. The van der Waals surface area contributed by atoms with Gasteiger partial charge in [-0.2, -0.15) is 4.89 Å². The lowest BCUT2D eigenvalue weighted by molar-refractivity contribution is -0.487. The minimum absolute atomic E-state index is 0.0745. The number of carbonyl (C=O) groups is 1. The van der Waals surface area contributed by atoms with Crippen molar-refractivity contribution in [3.63, 3.8) is 0 Å². The van der Waals surface area contributed by atoms with Gasteiger partial charge in [-0.25, -0.2) is 4.89 Å². The Morgan fingerprint density at radius 3 is 1.93 bits per heavy atom. The molecule has 5 heteroatoms. The van der Waals surface area contributed by atoms with Gasteiger partial charge in [0.2, 0.25) is 11.7 Å². The monoisotopic (exact) mass is 401 g/mol. The summed E-state index contributed by atoms with van der Waals surface area (Å²) in [6, 6.07) is 29.2. The Morgan fingerprint density at radius 1 is 0.833 bits per heavy atom. The molecule has 30 heavy (non-hydrogen) atoms. The van der Waals surface area contributed by atoms with Crippen LogP contribution in [0.25, 0.3) is 0 Å². The van der Waals surface area contributed by atoms with Crippen molar-refractivity contribution in [2.75, 3.05) is 6.54 Å². The number of rotatable bonds is 4. The van der Waals surface area contributed by atoms with E-state index in [4.69, 9.17) is 9.78 Å².